The minimum atomic E-state index is -4.40. The number of ether oxygens (including phenoxy) is 1. The average Bonchev–Trinajstić information content (AvgIpc) is 2.88. The Morgan fingerprint density at radius 3 is 2.38 bits per heavy atom. The molecular formula is C27H31Cl2F3N4O3. The third-order valence-corrected chi connectivity index (χ3v) is 6.71. The highest BCUT2D eigenvalue weighted by Crippen LogP contribution is 2.30. The Kier molecular flexibility index (Phi) is 10.5. The molecule has 1 aliphatic heterocycles. The summed E-state index contributed by atoms with van der Waals surface area (Å²) in [5.74, 6) is 0.214. The molecular weight excluding hydrogens is 556 g/mol. The second-order valence-corrected chi connectivity index (χ2v) is 9.80. The number of anilines is 1. The number of piperazine rings is 1. The molecule has 4 rings (SSSR count). The standard InChI is InChI=1S/C27H30ClF3N4O3.ClH/c1-20-17-34(18-21-6-4-7-22(28)16-21)26(37)35(25(20)36)11-5-10-32-12-14-33(15-13-32)23-8-2-3-9-24(23)38-19-27(29,30)31;/h2-4,6-9,16-17H,5,10-15,18-19H2,1H3;1H. The lowest BCUT2D eigenvalue weighted by atomic mass is 10.2. The molecule has 0 N–H and O–H groups in total. The first-order chi connectivity index (χ1) is 18.1. The van der Waals surface area contributed by atoms with Crippen LogP contribution in [0.3, 0.4) is 0 Å². The Bertz CT molecular complexity index is 1370. The lowest BCUT2D eigenvalue weighted by molar-refractivity contribution is -0.153. The number of hydrogen-bond acceptors (Lipinski definition) is 5. The second-order valence-electron chi connectivity index (χ2n) is 9.36. The summed E-state index contributed by atoms with van der Waals surface area (Å²) >= 11 is 6.07. The van der Waals surface area contributed by atoms with E-state index in [1.54, 1.807) is 49.5 Å². The van der Waals surface area contributed by atoms with Crippen LogP contribution in [-0.4, -0.2) is 59.5 Å². The summed E-state index contributed by atoms with van der Waals surface area (Å²) in [7, 11) is 0. The minimum absolute atomic E-state index is 0. The fourth-order valence-electron chi connectivity index (χ4n) is 4.61. The lowest BCUT2D eigenvalue weighted by Crippen LogP contribution is -2.47. The van der Waals surface area contributed by atoms with Gasteiger partial charge in [-0.2, -0.15) is 13.2 Å². The molecule has 1 aromatic heterocycles. The molecule has 212 valence electrons. The number of aromatic nitrogens is 2. The molecule has 0 spiro atoms. The van der Waals surface area contributed by atoms with Crippen molar-refractivity contribution in [1.29, 1.82) is 0 Å². The van der Waals surface area contributed by atoms with Crippen molar-refractivity contribution in [2.75, 3.05) is 44.2 Å². The fourth-order valence-corrected chi connectivity index (χ4v) is 4.82. The molecule has 39 heavy (non-hydrogen) atoms. The Morgan fingerprint density at radius 1 is 0.974 bits per heavy atom. The topological polar surface area (TPSA) is 59.7 Å². The molecule has 7 nitrogen and oxygen atoms in total. The first kappa shape index (κ1) is 30.6. The van der Waals surface area contributed by atoms with Crippen LogP contribution in [0.1, 0.15) is 17.5 Å². The highest BCUT2D eigenvalue weighted by Gasteiger charge is 2.29. The van der Waals surface area contributed by atoms with Gasteiger partial charge in [-0.25, -0.2) is 4.79 Å². The van der Waals surface area contributed by atoms with Gasteiger partial charge in [-0.3, -0.25) is 18.8 Å². The van der Waals surface area contributed by atoms with Crippen LogP contribution in [0.4, 0.5) is 18.9 Å². The number of para-hydroxylation sites is 2. The molecule has 0 saturated carbocycles. The summed E-state index contributed by atoms with van der Waals surface area (Å²) in [6.45, 7) is 4.33. The van der Waals surface area contributed by atoms with Gasteiger partial charge in [0.25, 0.3) is 5.56 Å². The van der Waals surface area contributed by atoms with Gasteiger partial charge in [-0.15, -0.1) is 12.4 Å². The summed E-state index contributed by atoms with van der Waals surface area (Å²) in [4.78, 5) is 30.0. The molecule has 1 fully saturated rings. The van der Waals surface area contributed by atoms with Gasteiger partial charge in [-0.05, 0) is 49.7 Å². The Hall–Kier alpha value is -2.95. The second kappa shape index (κ2) is 13.4. The SMILES string of the molecule is Cc1cn(Cc2cccc(Cl)c2)c(=O)n(CCCN2CCN(c3ccccc3OCC(F)(F)F)CC2)c1=O.Cl. The van der Waals surface area contributed by atoms with Crippen LogP contribution < -0.4 is 20.9 Å². The van der Waals surface area contributed by atoms with Gasteiger partial charge in [0, 0.05) is 49.5 Å². The minimum Gasteiger partial charge on any atom is -0.482 e. The summed E-state index contributed by atoms with van der Waals surface area (Å²) in [6.07, 6.45) is -2.21. The van der Waals surface area contributed by atoms with Crippen LogP contribution >= 0.6 is 24.0 Å². The van der Waals surface area contributed by atoms with E-state index in [2.05, 4.69) is 4.90 Å². The predicted molar refractivity (Wildman–Crippen MR) is 149 cm³/mol. The van der Waals surface area contributed by atoms with Crippen molar-refractivity contribution in [3.63, 3.8) is 0 Å². The molecule has 0 bridgehead atoms. The summed E-state index contributed by atoms with van der Waals surface area (Å²) in [5, 5.41) is 0.581. The number of benzene rings is 2. The molecule has 1 saturated heterocycles. The number of alkyl halides is 3. The fraction of sp³-hybridized carbons (Fsp3) is 0.407. The van der Waals surface area contributed by atoms with Gasteiger partial charge in [0.2, 0.25) is 0 Å². The Morgan fingerprint density at radius 2 is 1.69 bits per heavy atom. The van der Waals surface area contributed by atoms with Gasteiger partial charge < -0.3 is 9.64 Å². The normalized spacial score (nSPS) is 14.2. The number of halogens is 5. The third kappa shape index (κ3) is 8.27. The molecule has 0 atom stereocenters. The molecule has 3 aromatic rings. The molecule has 0 amide bonds. The number of aryl methyl sites for hydroxylation is 1. The van der Waals surface area contributed by atoms with Crippen LogP contribution in [0.2, 0.25) is 5.02 Å². The first-order valence-corrected chi connectivity index (χ1v) is 12.8. The summed E-state index contributed by atoms with van der Waals surface area (Å²) in [5.41, 5.74) is 1.35. The van der Waals surface area contributed by atoms with Gasteiger partial charge >= 0.3 is 11.9 Å². The van der Waals surface area contributed by atoms with E-state index in [1.165, 1.54) is 9.13 Å². The molecule has 12 heteroatoms. The number of hydrogen-bond donors (Lipinski definition) is 0. The van der Waals surface area contributed by atoms with Crippen molar-refractivity contribution < 1.29 is 17.9 Å². The zero-order valence-electron chi connectivity index (χ0n) is 21.5. The van der Waals surface area contributed by atoms with Gasteiger partial charge in [0.1, 0.15) is 5.75 Å². The van der Waals surface area contributed by atoms with Crippen LogP contribution in [-0.2, 0) is 13.1 Å². The number of rotatable bonds is 9. The van der Waals surface area contributed by atoms with Crippen molar-refractivity contribution >= 4 is 29.7 Å². The van der Waals surface area contributed by atoms with Crippen molar-refractivity contribution in [3.8, 4) is 5.75 Å². The smallest absolute Gasteiger partial charge is 0.422 e. The number of nitrogens with zero attached hydrogens (tertiary/aromatic N) is 4. The van der Waals surface area contributed by atoms with Crippen molar-refractivity contribution in [2.45, 2.75) is 32.6 Å². The van der Waals surface area contributed by atoms with Crippen molar-refractivity contribution in [3.05, 3.63) is 91.7 Å². The molecule has 1 aliphatic rings. The molecule has 0 aliphatic carbocycles. The first-order valence-electron chi connectivity index (χ1n) is 12.4. The van der Waals surface area contributed by atoms with E-state index >= 15 is 0 Å². The van der Waals surface area contributed by atoms with Gasteiger partial charge in [-0.1, -0.05) is 35.9 Å². The molecule has 0 unspecified atom stereocenters. The maximum Gasteiger partial charge on any atom is 0.422 e. The quantitative estimate of drug-likeness (QED) is 0.367. The van der Waals surface area contributed by atoms with Crippen molar-refractivity contribution in [2.24, 2.45) is 0 Å². The molecule has 2 aromatic carbocycles. The Balaban J connectivity index is 0.00000420. The van der Waals surface area contributed by atoms with E-state index in [1.807, 2.05) is 17.0 Å². The van der Waals surface area contributed by atoms with Gasteiger partial charge in [0.15, 0.2) is 6.61 Å². The van der Waals surface area contributed by atoms with E-state index in [0.717, 1.165) is 5.56 Å². The summed E-state index contributed by atoms with van der Waals surface area (Å²) in [6, 6.07) is 14.0. The van der Waals surface area contributed by atoms with E-state index in [4.69, 9.17) is 16.3 Å². The molecule has 0 radical (unpaired) electrons. The largest absolute Gasteiger partial charge is 0.482 e. The van der Waals surface area contributed by atoms with E-state index in [-0.39, 0.29) is 29.4 Å². The van der Waals surface area contributed by atoms with E-state index < -0.39 is 12.8 Å². The van der Waals surface area contributed by atoms with E-state index in [9.17, 15) is 22.8 Å². The molecule has 2 heterocycles. The predicted octanol–water partition coefficient (Wildman–Crippen LogP) is 4.60. The maximum absolute atomic E-state index is 13.1. The van der Waals surface area contributed by atoms with Crippen LogP contribution in [0.25, 0.3) is 0 Å². The highest BCUT2D eigenvalue weighted by atomic mass is 35.5. The van der Waals surface area contributed by atoms with Crippen LogP contribution in [0.5, 0.6) is 5.75 Å². The van der Waals surface area contributed by atoms with Crippen LogP contribution in [0, 0.1) is 6.92 Å². The van der Waals surface area contributed by atoms with Crippen LogP contribution in [0.15, 0.2) is 64.3 Å². The van der Waals surface area contributed by atoms with Gasteiger partial charge in [0.05, 0.1) is 12.2 Å². The lowest BCUT2D eigenvalue weighted by Gasteiger charge is -2.36. The summed E-state index contributed by atoms with van der Waals surface area (Å²) < 4.78 is 45.7. The monoisotopic (exact) mass is 586 g/mol. The van der Waals surface area contributed by atoms with E-state index in [0.29, 0.717) is 68.5 Å². The highest BCUT2D eigenvalue weighted by molar-refractivity contribution is 6.30. The van der Waals surface area contributed by atoms with Crippen molar-refractivity contribution in [1.82, 2.24) is 14.0 Å². The third-order valence-electron chi connectivity index (χ3n) is 6.48. The zero-order valence-corrected chi connectivity index (χ0v) is 23.1. The maximum atomic E-state index is 13.1. The zero-order chi connectivity index (χ0) is 27.3. The Labute approximate surface area is 235 Å². The average molecular weight is 587 g/mol.